The Morgan fingerprint density at radius 1 is 1.31 bits per heavy atom. The summed E-state index contributed by atoms with van der Waals surface area (Å²) in [5.74, 6) is 0.655. The molecule has 0 amide bonds. The highest BCUT2D eigenvalue weighted by molar-refractivity contribution is 4.94. The van der Waals surface area contributed by atoms with Gasteiger partial charge in [0, 0.05) is 6.04 Å². The van der Waals surface area contributed by atoms with Crippen LogP contribution in [0.2, 0.25) is 0 Å². The fourth-order valence-electron chi connectivity index (χ4n) is 2.41. The molecule has 1 aliphatic carbocycles. The minimum absolute atomic E-state index is 0.287. The van der Waals surface area contributed by atoms with Crippen molar-refractivity contribution < 1.29 is 5.11 Å². The highest BCUT2D eigenvalue weighted by Crippen LogP contribution is 2.34. The van der Waals surface area contributed by atoms with E-state index >= 15 is 0 Å². The monoisotopic (exact) mass is 185 g/mol. The third-order valence-corrected chi connectivity index (χ3v) is 3.17. The van der Waals surface area contributed by atoms with Crippen LogP contribution in [0, 0.1) is 5.92 Å². The summed E-state index contributed by atoms with van der Waals surface area (Å²) in [6.07, 6.45) is 5.41. The normalized spacial score (nSPS) is 23.8. The number of nitrogens with one attached hydrogen (secondary N) is 1. The van der Waals surface area contributed by atoms with Crippen LogP contribution in [0.4, 0.5) is 0 Å². The van der Waals surface area contributed by atoms with Crippen molar-refractivity contribution in [3.05, 3.63) is 0 Å². The standard InChI is InChI=1S/C11H23NO/c1-9(2)8-10(12-3)11(13)6-4-5-7-11/h9-10,12-13H,4-8H2,1-3H3. The van der Waals surface area contributed by atoms with E-state index in [0.717, 1.165) is 19.3 Å². The van der Waals surface area contributed by atoms with Crippen molar-refractivity contribution in [1.82, 2.24) is 5.32 Å². The van der Waals surface area contributed by atoms with Gasteiger partial charge in [-0.15, -0.1) is 0 Å². The fraction of sp³-hybridized carbons (Fsp3) is 1.00. The molecule has 78 valence electrons. The Morgan fingerprint density at radius 3 is 2.23 bits per heavy atom. The Labute approximate surface area is 81.7 Å². The average Bonchev–Trinajstić information content (AvgIpc) is 2.48. The van der Waals surface area contributed by atoms with Gasteiger partial charge in [0.25, 0.3) is 0 Å². The third kappa shape index (κ3) is 2.68. The van der Waals surface area contributed by atoms with Crippen LogP contribution in [0.25, 0.3) is 0 Å². The largest absolute Gasteiger partial charge is 0.388 e. The van der Waals surface area contributed by atoms with Crippen LogP contribution in [0.5, 0.6) is 0 Å². The minimum atomic E-state index is -0.418. The molecule has 2 heteroatoms. The first-order chi connectivity index (χ1) is 6.08. The van der Waals surface area contributed by atoms with Crippen LogP contribution in [0.15, 0.2) is 0 Å². The van der Waals surface area contributed by atoms with E-state index < -0.39 is 5.60 Å². The van der Waals surface area contributed by atoms with Gasteiger partial charge in [0.15, 0.2) is 0 Å². The zero-order valence-electron chi connectivity index (χ0n) is 9.14. The van der Waals surface area contributed by atoms with Gasteiger partial charge < -0.3 is 10.4 Å². The molecular weight excluding hydrogens is 162 g/mol. The van der Waals surface area contributed by atoms with Crippen molar-refractivity contribution in [2.75, 3.05) is 7.05 Å². The molecule has 2 N–H and O–H groups in total. The highest BCUT2D eigenvalue weighted by atomic mass is 16.3. The molecule has 1 unspecified atom stereocenters. The molecule has 1 saturated carbocycles. The maximum absolute atomic E-state index is 10.3. The van der Waals surface area contributed by atoms with Crippen LogP contribution in [-0.2, 0) is 0 Å². The number of likely N-dealkylation sites (N-methyl/N-ethyl adjacent to an activating group) is 1. The second-order valence-electron chi connectivity index (χ2n) is 4.78. The number of rotatable bonds is 4. The number of hydrogen-bond donors (Lipinski definition) is 2. The number of hydrogen-bond acceptors (Lipinski definition) is 2. The number of aliphatic hydroxyl groups is 1. The van der Waals surface area contributed by atoms with Crippen molar-refractivity contribution in [1.29, 1.82) is 0 Å². The smallest absolute Gasteiger partial charge is 0.0800 e. The SMILES string of the molecule is CNC(CC(C)C)C1(O)CCCC1. The van der Waals surface area contributed by atoms with Gasteiger partial charge in [-0.2, -0.15) is 0 Å². The Morgan fingerprint density at radius 2 is 1.85 bits per heavy atom. The summed E-state index contributed by atoms with van der Waals surface area (Å²) in [7, 11) is 1.96. The minimum Gasteiger partial charge on any atom is -0.388 e. The van der Waals surface area contributed by atoms with Crippen molar-refractivity contribution in [2.45, 2.75) is 57.6 Å². The van der Waals surface area contributed by atoms with E-state index in [0.29, 0.717) is 5.92 Å². The van der Waals surface area contributed by atoms with Gasteiger partial charge >= 0.3 is 0 Å². The van der Waals surface area contributed by atoms with Crippen LogP contribution < -0.4 is 5.32 Å². The van der Waals surface area contributed by atoms with E-state index in [1.165, 1.54) is 12.8 Å². The van der Waals surface area contributed by atoms with Crippen LogP contribution in [-0.4, -0.2) is 23.8 Å². The zero-order valence-corrected chi connectivity index (χ0v) is 9.14. The summed E-state index contributed by atoms with van der Waals surface area (Å²) in [4.78, 5) is 0. The molecule has 1 rings (SSSR count). The summed E-state index contributed by atoms with van der Waals surface area (Å²) in [5.41, 5.74) is -0.418. The van der Waals surface area contributed by atoms with Crippen molar-refractivity contribution in [3.63, 3.8) is 0 Å². The molecule has 0 saturated heterocycles. The molecule has 0 radical (unpaired) electrons. The lowest BCUT2D eigenvalue weighted by Gasteiger charge is -2.33. The molecule has 0 bridgehead atoms. The second kappa shape index (κ2) is 4.43. The first-order valence-electron chi connectivity index (χ1n) is 5.48. The van der Waals surface area contributed by atoms with E-state index in [4.69, 9.17) is 0 Å². The van der Waals surface area contributed by atoms with Crippen LogP contribution in [0.3, 0.4) is 0 Å². The summed E-state index contributed by atoms with van der Waals surface area (Å²) in [6.45, 7) is 4.42. The Kier molecular flexibility index (Phi) is 3.74. The lowest BCUT2D eigenvalue weighted by Crippen LogP contribution is -2.48. The quantitative estimate of drug-likeness (QED) is 0.701. The molecule has 2 nitrogen and oxygen atoms in total. The fourth-order valence-corrected chi connectivity index (χ4v) is 2.41. The van der Waals surface area contributed by atoms with E-state index in [-0.39, 0.29) is 6.04 Å². The maximum atomic E-state index is 10.3. The Bertz CT molecular complexity index is 150. The molecule has 0 aliphatic heterocycles. The second-order valence-corrected chi connectivity index (χ2v) is 4.78. The van der Waals surface area contributed by atoms with E-state index in [1.54, 1.807) is 0 Å². The summed E-state index contributed by atoms with van der Waals surface area (Å²) < 4.78 is 0. The molecule has 0 aromatic heterocycles. The van der Waals surface area contributed by atoms with E-state index in [1.807, 2.05) is 7.05 Å². The highest BCUT2D eigenvalue weighted by Gasteiger charge is 2.38. The van der Waals surface area contributed by atoms with Gasteiger partial charge in [-0.25, -0.2) is 0 Å². The summed E-state index contributed by atoms with van der Waals surface area (Å²) in [6, 6.07) is 0.287. The molecule has 13 heavy (non-hydrogen) atoms. The zero-order chi connectivity index (χ0) is 9.90. The lowest BCUT2D eigenvalue weighted by molar-refractivity contribution is 0.00367. The molecule has 1 fully saturated rings. The average molecular weight is 185 g/mol. The van der Waals surface area contributed by atoms with Gasteiger partial charge in [-0.05, 0) is 32.2 Å². The van der Waals surface area contributed by atoms with E-state index in [9.17, 15) is 5.11 Å². The molecular formula is C11H23NO. The first-order valence-corrected chi connectivity index (χ1v) is 5.48. The third-order valence-electron chi connectivity index (χ3n) is 3.17. The van der Waals surface area contributed by atoms with E-state index in [2.05, 4.69) is 19.2 Å². The molecule has 0 spiro atoms. The van der Waals surface area contributed by atoms with Crippen molar-refractivity contribution in [2.24, 2.45) is 5.92 Å². The summed E-state index contributed by atoms with van der Waals surface area (Å²) >= 11 is 0. The molecule has 0 heterocycles. The predicted molar refractivity (Wildman–Crippen MR) is 55.7 cm³/mol. The van der Waals surface area contributed by atoms with Crippen molar-refractivity contribution in [3.8, 4) is 0 Å². The molecule has 0 aromatic carbocycles. The Balaban J connectivity index is 2.53. The predicted octanol–water partition coefficient (Wildman–Crippen LogP) is 1.93. The first kappa shape index (κ1) is 11.0. The van der Waals surface area contributed by atoms with Crippen LogP contribution >= 0.6 is 0 Å². The van der Waals surface area contributed by atoms with Gasteiger partial charge in [0.2, 0.25) is 0 Å². The molecule has 0 aromatic rings. The molecule has 1 atom stereocenters. The lowest BCUT2D eigenvalue weighted by atomic mass is 9.86. The van der Waals surface area contributed by atoms with Gasteiger partial charge in [0.1, 0.15) is 0 Å². The maximum Gasteiger partial charge on any atom is 0.0800 e. The van der Waals surface area contributed by atoms with Gasteiger partial charge in [-0.1, -0.05) is 26.7 Å². The summed E-state index contributed by atoms with van der Waals surface area (Å²) in [5, 5.41) is 13.6. The molecule has 1 aliphatic rings. The topological polar surface area (TPSA) is 32.3 Å². The van der Waals surface area contributed by atoms with Gasteiger partial charge in [-0.3, -0.25) is 0 Å². The van der Waals surface area contributed by atoms with Gasteiger partial charge in [0.05, 0.1) is 5.60 Å². The van der Waals surface area contributed by atoms with Crippen LogP contribution in [0.1, 0.15) is 46.0 Å². The van der Waals surface area contributed by atoms with Crippen molar-refractivity contribution >= 4 is 0 Å². The Hall–Kier alpha value is -0.0800.